The summed E-state index contributed by atoms with van der Waals surface area (Å²) in [5, 5.41) is 8.17. The number of aromatic nitrogens is 2. The van der Waals surface area contributed by atoms with Crippen LogP contribution in [0, 0.1) is 0 Å². The summed E-state index contributed by atoms with van der Waals surface area (Å²) < 4.78 is 27.5. The maximum Gasteiger partial charge on any atom is 0.265 e. The van der Waals surface area contributed by atoms with E-state index in [0.29, 0.717) is 10.1 Å². The first-order chi connectivity index (χ1) is 9.92. The Balaban J connectivity index is 2.23. The zero-order valence-electron chi connectivity index (χ0n) is 10.4. The Morgan fingerprint density at radius 2 is 2.14 bits per heavy atom. The summed E-state index contributed by atoms with van der Waals surface area (Å²) in [4.78, 5) is -0.104. The monoisotopic (exact) mass is 381 g/mol. The van der Waals surface area contributed by atoms with Gasteiger partial charge >= 0.3 is 0 Å². The molecule has 0 bridgehead atoms. The Morgan fingerprint density at radius 3 is 2.86 bits per heavy atom. The highest BCUT2D eigenvalue weighted by molar-refractivity contribution is 8.01. The van der Waals surface area contributed by atoms with E-state index in [0.717, 1.165) is 11.3 Å². The minimum absolute atomic E-state index is 0.0812. The molecule has 0 unspecified atom stereocenters. The lowest BCUT2D eigenvalue weighted by Crippen LogP contribution is -2.13. The largest absolute Gasteiger partial charge is 0.265 e. The van der Waals surface area contributed by atoms with Crippen LogP contribution in [0.5, 0.6) is 0 Å². The fourth-order valence-corrected chi connectivity index (χ4v) is 4.80. The standard InChI is InChI=1S/C11H9Cl2N3O2S3/c1-2-5-19-11-15-14-10(20-11)16-21(17,18)9-6-7(12)3-4-8(9)13/h2-4,6H,1,5H2,(H,14,16). The minimum Gasteiger partial charge on any atom is -0.253 e. The number of benzene rings is 1. The second kappa shape index (κ2) is 6.97. The third kappa shape index (κ3) is 4.33. The molecular weight excluding hydrogens is 373 g/mol. The van der Waals surface area contributed by atoms with Crippen LogP contribution in [0.25, 0.3) is 0 Å². The van der Waals surface area contributed by atoms with E-state index in [1.54, 1.807) is 6.08 Å². The second-order valence-corrected chi connectivity index (χ2v) is 8.39. The van der Waals surface area contributed by atoms with Gasteiger partial charge in [-0.25, -0.2) is 8.42 Å². The SMILES string of the molecule is C=CCSc1nnc(NS(=O)(=O)c2cc(Cl)ccc2Cl)s1. The number of rotatable bonds is 6. The third-order valence-electron chi connectivity index (χ3n) is 2.14. The van der Waals surface area contributed by atoms with Crippen molar-refractivity contribution < 1.29 is 8.42 Å². The topological polar surface area (TPSA) is 72.0 Å². The molecule has 0 saturated heterocycles. The van der Waals surface area contributed by atoms with Crippen LogP contribution in [0.3, 0.4) is 0 Å². The average Bonchev–Trinajstić information content (AvgIpc) is 2.86. The molecule has 0 amide bonds. The van der Waals surface area contributed by atoms with Crippen molar-refractivity contribution in [3.05, 3.63) is 40.9 Å². The van der Waals surface area contributed by atoms with Gasteiger partial charge in [-0.15, -0.1) is 16.8 Å². The maximum absolute atomic E-state index is 12.3. The van der Waals surface area contributed by atoms with Crippen molar-refractivity contribution in [1.29, 1.82) is 0 Å². The van der Waals surface area contributed by atoms with E-state index in [4.69, 9.17) is 23.2 Å². The number of thioether (sulfide) groups is 1. The molecule has 0 fully saturated rings. The molecule has 5 nitrogen and oxygen atoms in total. The van der Waals surface area contributed by atoms with Gasteiger partial charge in [-0.05, 0) is 18.2 Å². The molecule has 1 heterocycles. The Morgan fingerprint density at radius 1 is 1.38 bits per heavy atom. The molecule has 1 N–H and O–H groups in total. The second-order valence-electron chi connectivity index (χ2n) is 3.65. The van der Waals surface area contributed by atoms with Gasteiger partial charge in [0.2, 0.25) is 5.13 Å². The van der Waals surface area contributed by atoms with Gasteiger partial charge in [0.25, 0.3) is 10.0 Å². The molecule has 1 aromatic heterocycles. The molecule has 0 atom stereocenters. The molecule has 112 valence electrons. The van der Waals surface area contributed by atoms with Gasteiger partial charge < -0.3 is 0 Å². The van der Waals surface area contributed by atoms with E-state index in [-0.39, 0.29) is 20.1 Å². The number of nitrogens with one attached hydrogen (secondary N) is 1. The molecule has 1 aromatic carbocycles. The van der Waals surface area contributed by atoms with Crippen molar-refractivity contribution >= 4 is 61.5 Å². The normalized spacial score (nSPS) is 11.3. The van der Waals surface area contributed by atoms with E-state index in [2.05, 4.69) is 21.5 Å². The lowest BCUT2D eigenvalue weighted by atomic mass is 10.4. The molecule has 0 aliphatic rings. The molecule has 2 rings (SSSR count). The summed E-state index contributed by atoms with van der Waals surface area (Å²) in [6.45, 7) is 3.60. The van der Waals surface area contributed by atoms with Crippen LogP contribution in [0.2, 0.25) is 10.0 Å². The summed E-state index contributed by atoms with van der Waals surface area (Å²) in [6, 6.07) is 4.21. The highest BCUT2D eigenvalue weighted by Gasteiger charge is 2.20. The molecule has 21 heavy (non-hydrogen) atoms. The number of nitrogens with zero attached hydrogens (tertiary/aromatic N) is 2. The van der Waals surface area contributed by atoms with Gasteiger partial charge in [-0.1, -0.05) is 52.4 Å². The van der Waals surface area contributed by atoms with Crippen molar-refractivity contribution in [2.24, 2.45) is 0 Å². The quantitative estimate of drug-likeness (QED) is 0.606. The van der Waals surface area contributed by atoms with Gasteiger partial charge in [-0.3, -0.25) is 4.72 Å². The van der Waals surface area contributed by atoms with Crippen molar-refractivity contribution in [3.63, 3.8) is 0 Å². The number of sulfonamides is 1. The van der Waals surface area contributed by atoms with Gasteiger partial charge in [0.05, 0.1) is 5.02 Å². The first-order valence-electron chi connectivity index (χ1n) is 5.47. The van der Waals surface area contributed by atoms with E-state index in [1.165, 1.54) is 30.0 Å². The van der Waals surface area contributed by atoms with Crippen LogP contribution in [-0.4, -0.2) is 24.4 Å². The zero-order valence-corrected chi connectivity index (χ0v) is 14.4. The summed E-state index contributed by atoms with van der Waals surface area (Å²) in [6.07, 6.45) is 1.72. The summed E-state index contributed by atoms with van der Waals surface area (Å²) in [5.41, 5.74) is 0. The molecule has 0 saturated carbocycles. The third-order valence-corrected chi connectivity index (χ3v) is 6.29. The predicted octanol–water partition coefficient (Wildman–Crippen LogP) is 3.92. The first kappa shape index (κ1) is 16.6. The fraction of sp³-hybridized carbons (Fsp3) is 0.0909. The zero-order chi connectivity index (χ0) is 15.5. The Labute approximate surface area is 140 Å². The van der Waals surface area contributed by atoms with Gasteiger partial charge in [0.15, 0.2) is 4.34 Å². The van der Waals surface area contributed by atoms with E-state index in [1.807, 2.05) is 0 Å². The van der Waals surface area contributed by atoms with Crippen LogP contribution in [0.4, 0.5) is 5.13 Å². The number of halogens is 2. The van der Waals surface area contributed by atoms with Crippen LogP contribution >= 0.6 is 46.3 Å². The van der Waals surface area contributed by atoms with Gasteiger partial charge in [0.1, 0.15) is 4.90 Å². The molecule has 0 radical (unpaired) electrons. The summed E-state index contributed by atoms with van der Waals surface area (Å²) in [7, 11) is -3.86. The summed E-state index contributed by atoms with van der Waals surface area (Å²) >= 11 is 14.2. The number of anilines is 1. The molecule has 0 spiro atoms. The number of hydrogen-bond donors (Lipinski definition) is 1. The maximum atomic E-state index is 12.3. The smallest absolute Gasteiger partial charge is 0.253 e. The predicted molar refractivity (Wildman–Crippen MR) is 88.1 cm³/mol. The van der Waals surface area contributed by atoms with Crippen LogP contribution in [-0.2, 0) is 10.0 Å². The van der Waals surface area contributed by atoms with Gasteiger partial charge in [0, 0.05) is 10.8 Å². The van der Waals surface area contributed by atoms with Crippen molar-refractivity contribution in [2.75, 3.05) is 10.5 Å². The lowest BCUT2D eigenvalue weighted by Gasteiger charge is -2.06. The fourth-order valence-electron chi connectivity index (χ4n) is 1.29. The average molecular weight is 382 g/mol. The van der Waals surface area contributed by atoms with Crippen molar-refractivity contribution in [3.8, 4) is 0 Å². The minimum atomic E-state index is -3.86. The molecule has 10 heteroatoms. The molecule has 0 aliphatic carbocycles. The first-order valence-corrected chi connectivity index (χ1v) is 9.51. The van der Waals surface area contributed by atoms with Gasteiger partial charge in [-0.2, -0.15) is 0 Å². The van der Waals surface area contributed by atoms with Crippen LogP contribution in [0.1, 0.15) is 0 Å². The summed E-state index contributed by atoms with van der Waals surface area (Å²) in [5.74, 6) is 0.668. The van der Waals surface area contributed by atoms with Crippen LogP contribution in [0.15, 0.2) is 40.1 Å². The van der Waals surface area contributed by atoms with E-state index >= 15 is 0 Å². The van der Waals surface area contributed by atoms with Crippen molar-refractivity contribution in [2.45, 2.75) is 9.24 Å². The van der Waals surface area contributed by atoms with E-state index in [9.17, 15) is 8.42 Å². The molecule has 0 aliphatic heterocycles. The van der Waals surface area contributed by atoms with Crippen molar-refractivity contribution in [1.82, 2.24) is 10.2 Å². The van der Waals surface area contributed by atoms with E-state index < -0.39 is 10.0 Å². The van der Waals surface area contributed by atoms with Crippen LogP contribution < -0.4 is 4.72 Å². The Hall–Kier alpha value is -0.800. The molecular formula is C11H9Cl2N3O2S3. The highest BCUT2D eigenvalue weighted by Crippen LogP contribution is 2.30. The highest BCUT2D eigenvalue weighted by atomic mass is 35.5. The lowest BCUT2D eigenvalue weighted by molar-refractivity contribution is 0.601. The number of hydrogen-bond acceptors (Lipinski definition) is 6. The Bertz CT molecular complexity index is 762. The molecule has 2 aromatic rings. The Kier molecular flexibility index (Phi) is 5.50.